The third kappa shape index (κ3) is 8.09. The van der Waals surface area contributed by atoms with Crippen molar-refractivity contribution < 1.29 is 31.8 Å². The Kier molecular flexibility index (Phi) is 9.64. The summed E-state index contributed by atoms with van der Waals surface area (Å²) < 4.78 is 64.5. The number of hydrogen-bond donors (Lipinski definition) is 3. The number of hydrogen-bond acceptors (Lipinski definition) is 6. The minimum Gasteiger partial charge on any atom is -0.465 e. The molecule has 0 aliphatic rings. The predicted octanol–water partition coefficient (Wildman–Crippen LogP) is 6.76. The van der Waals surface area contributed by atoms with Crippen LogP contribution in [0.2, 0.25) is 30.7 Å². The lowest BCUT2D eigenvalue weighted by Crippen LogP contribution is -2.29. The van der Waals surface area contributed by atoms with Crippen LogP contribution in [-0.4, -0.2) is 59.9 Å². The van der Waals surface area contributed by atoms with Gasteiger partial charge >= 0.3 is 6.09 Å². The van der Waals surface area contributed by atoms with Gasteiger partial charge in [-0.1, -0.05) is 37.3 Å². The molecule has 0 radical (unpaired) electrons. The molecule has 16 heteroatoms. The van der Waals surface area contributed by atoms with Crippen LogP contribution in [0.3, 0.4) is 0 Å². The quantitative estimate of drug-likeness (QED) is 0.0963. The van der Waals surface area contributed by atoms with E-state index in [4.69, 9.17) is 21.3 Å². The third-order valence-corrected chi connectivity index (χ3v) is 10.1. The van der Waals surface area contributed by atoms with E-state index in [1.807, 2.05) is 16.8 Å². The van der Waals surface area contributed by atoms with Gasteiger partial charge in [-0.15, -0.1) is 0 Å². The van der Waals surface area contributed by atoms with Crippen LogP contribution in [0.1, 0.15) is 17.3 Å². The van der Waals surface area contributed by atoms with E-state index in [9.17, 15) is 27.1 Å². The van der Waals surface area contributed by atoms with E-state index in [-0.39, 0.29) is 35.2 Å². The highest BCUT2D eigenvalue weighted by atomic mass is 35.5. The first-order chi connectivity index (χ1) is 22.0. The number of carbonyl (C=O) groups is 1. The Morgan fingerprint density at radius 3 is 2.45 bits per heavy atom. The Labute approximate surface area is 276 Å². The number of sulfonamides is 1. The van der Waals surface area contributed by atoms with Crippen LogP contribution in [0.25, 0.3) is 33.1 Å². The number of aryl methyl sites for hydroxylation is 1. The highest BCUT2D eigenvalue weighted by Gasteiger charge is 2.27. The summed E-state index contributed by atoms with van der Waals surface area (Å²) in [6.07, 6.45) is 1.32. The molecule has 0 bridgehead atoms. The van der Waals surface area contributed by atoms with E-state index in [1.165, 1.54) is 4.68 Å². The molecule has 5 rings (SSSR count). The second kappa shape index (κ2) is 13.2. The maximum atomic E-state index is 14.2. The summed E-state index contributed by atoms with van der Waals surface area (Å²) in [6.45, 7) is 7.63. The number of amides is 1. The van der Waals surface area contributed by atoms with E-state index >= 15 is 0 Å². The molecule has 1 amide bonds. The Morgan fingerprint density at radius 2 is 1.81 bits per heavy atom. The fourth-order valence-corrected chi connectivity index (χ4v) is 6.93. The first-order valence-corrected chi connectivity index (χ1v) is 20.6. The Morgan fingerprint density at radius 1 is 1.11 bits per heavy atom. The zero-order valence-corrected chi connectivity index (χ0v) is 29.0. The molecule has 5 aromatic rings. The van der Waals surface area contributed by atoms with Crippen LogP contribution >= 0.6 is 11.6 Å². The number of carboxylic acid groups (broad SMARTS) is 1. The zero-order valence-electron chi connectivity index (χ0n) is 26.4. The molecule has 3 heterocycles. The van der Waals surface area contributed by atoms with Crippen molar-refractivity contribution in [3.8, 4) is 11.1 Å². The standard InChI is InChI=1S/C31H35ClF2N6O5SSi/c1-39-29-21(6-7-23(32)27(29)30(37-39)38-46(2,43)44)22-16-26-24(8-9-40(26)17-45-10-11-47(3,4)5)35-28(22)25(36-31(41)42)14-18-12-19(33)15-20(34)13-18/h6-9,12-13,15-16,25,36H,10-11,14,17H2,1-5H3,(H,37,38)(H,41,42). The van der Waals surface area contributed by atoms with E-state index in [2.05, 4.69) is 34.8 Å². The van der Waals surface area contributed by atoms with E-state index < -0.39 is 41.9 Å². The van der Waals surface area contributed by atoms with Crippen LogP contribution in [0.5, 0.6) is 0 Å². The van der Waals surface area contributed by atoms with Crippen molar-refractivity contribution in [2.75, 3.05) is 17.6 Å². The number of nitrogens with zero attached hydrogens (tertiary/aromatic N) is 4. The largest absolute Gasteiger partial charge is 0.465 e. The zero-order chi connectivity index (χ0) is 34.3. The van der Waals surface area contributed by atoms with Crippen molar-refractivity contribution in [2.24, 2.45) is 7.05 Å². The van der Waals surface area contributed by atoms with E-state index in [0.29, 0.717) is 39.7 Å². The molecule has 1 atom stereocenters. The van der Waals surface area contributed by atoms with Crippen molar-refractivity contribution in [3.05, 3.63) is 76.6 Å². The van der Waals surface area contributed by atoms with Gasteiger partial charge in [0.05, 0.1) is 45.0 Å². The fourth-order valence-electron chi connectivity index (χ4n) is 5.43. The van der Waals surface area contributed by atoms with Crippen LogP contribution in [0.4, 0.5) is 19.4 Å². The molecular formula is C31H35ClF2N6O5SSi. The average Bonchev–Trinajstić information content (AvgIpc) is 3.48. The molecule has 1 unspecified atom stereocenters. The molecule has 47 heavy (non-hydrogen) atoms. The molecule has 0 spiro atoms. The van der Waals surface area contributed by atoms with Gasteiger partial charge in [0.15, 0.2) is 5.82 Å². The highest BCUT2D eigenvalue weighted by Crippen LogP contribution is 2.41. The summed E-state index contributed by atoms with van der Waals surface area (Å²) >= 11 is 6.60. The predicted molar refractivity (Wildman–Crippen MR) is 181 cm³/mol. The Hall–Kier alpha value is -4.05. The first-order valence-electron chi connectivity index (χ1n) is 14.6. The molecule has 3 aromatic heterocycles. The monoisotopic (exact) mass is 704 g/mol. The molecule has 11 nitrogen and oxygen atoms in total. The van der Waals surface area contributed by atoms with Crippen LogP contribution in [0.15, 0.2) is 48.7 Å². The van der Waals surface area contributed by atoms with Crippen LogP contribution in [0, 0.1) is 11.6 Å². The van der Waals surface area contributed by atoms with Crippen LogP contribution < -0.4 is 10.0 Å². The lowest BCUT2D eigenvalue weighted by Gasteiger charge is -2.21. The minimum atomic E-state index is -3.72. The number of pyridine rings is 1. The van der Waals surface area contributed by atoms with E-state index in [1.54, 1.807) is 25.2 Å². The minimum absolute atomic E-state index is 0.0158. The molecule has 0 aliphatic carbocycles. The lowest BCUT2D eigenvalue weighted by atomic mass is 9.94. The smallest absolute Gasteiger partial charge is 0.405 e. The molecule has 3 N–H and O–H groups in total. The van der Waals surface area contributed by atoms with Crippen molar-refractivity contribution in [1.82, 2.24) is 24.6 Å². The highest BCUT2D eigenvalue weighted by molar-refractivity contribution is 7.92. The van der Waals surface area contributed by atoms with Gasteiger partial charge in [-0.2, -0.15) is 5.10 Å². The molecule has 0 aliphatic heterocycles. The SMILES string of the molecule is Cn1nc(NS(C)(=O)=O)c2c(Cl)ccc(-c3cc4c(ccn4COCC[Si](C)(C)C)nc3C(Cc3cc(F)cc(F)c3)NC(=O)O)c21. The number of anilines is 1. The number of benzene rings is 2. The summed E-state index contributed by atoms with van der Waals surface area (Å²) in [6, 6.07) is 9.84. The van der Waals surface area contributed by atoms with Crippen molar-refractivity contribution in [3.63, 3.8) is 0 Å². The molecular weight excluding hydrogens is 670 g/mol. The normalized spacial score (nSPS) is 12.9. The number of halogens is 3. The molecule has 250 valence electrons. The third-order valence-electron chi connectivity index (χ3n) is 7.51. The van der Waals surface area contributed by atoms with Crippen molar-refractivity contribution in [1.29, 1.82) is 0 Å². The second-order valence-corrected chi connectivity index (χ2v) is 20.4. The van der Waals surface area contributed by atoms with Gasteiger partial charge in [0.25, 0.3) is 0 Å². The van der Waals surface area contributed by atoms with Gasteiger partial charge < -0.3 is 19.7 Å². The van der Waals surface area contributed by atoms with Crippen molar-refractivity contribution >= 4 is 63.5 Å². The molecule has 2 aromatic carbocycles. The van der Waals surface area contributed by atoms with Gasteiger partial charge in [-0.25, -0.2) is 27.0 Å². The van der Waals surface area contributed by atoms with Crippen LogP contribution in [-0.2, 0) is 35.0 Å². The van der Waals surface area contributed by atoms with Gasteiger partial charge in [-0.3, -0.25) is 9.40 Å². The number of aromatic nitrogens is 4. The van der Waals surface area contributed by atoms with Gasteiger partial charge in [-0.05, 0) is 48.4 Å². The first kappa shape index (κ1) is 34.3. The average molecular weight is 705 g/mol. The molecule has 0 saturated carbocycles. The Balaban J connectivity index is 1.73. The number of rotatable bonds is 12. The summed E-state index contributed by atoms with van der Waals surface area (Å²) in [5.74, 6) is -1.59. The van der Waals surface area contributed by atoms with Gasteiger partial charge in [0.1, 0.15) is 18.4 Å². The maximum Gasteiger partial charge on any atom is 0.405 e. The fraction of sp³-hybridized carbons (Fsp3) is 0.323. The molecule has 0 fully saturated rings. The summed E-state index contributed by atoms with van der Waals surface area (Å²) in [7, 11) is -3.42. The van der Waals surface area contributed by atoms with Gasteiger partial charge in [0, 0.05) is 45.1 Å². The summed E-state index contributed by atoms with van der Waals surface area (Å²) in [5, 5.41) is 17.3. The van der Waals surface area contributed by atoms with E-state index in [0.717, 1.165) is 30.5 Å². The topological polar surface area (TPSA) is 140 Å². The lowest BCUT2D eigenvalue weighted by molar-refractivity contribution is 0.0902. The number of ether oxygens (including phenoxy) is 1. The summed E-state index contributed by atoms with van der Waals surface area (Å²) in [4.78, 5) is 17.0. The van der Waals surface area contributed by atoms with Gasteiger partial charge in [0.2, 0.25) is 10.0 Å². The summed E-state index contributed by atoms with van der Waals surface area (Å²) in [5.41, 5.74) is 3.12. The maximum absolute atomic E-state index is 14.2. The Bertz CT molecular complexity index is 2080. The number of nitrogens with one attached hydrogen (secondary N) is 2. The molecule has 0 saturated heterocycles. The number of fused-ring (bicyclic) bond motifs is 2. The van der Waals surface area contributed by atoms with Crippen molar-refractivity contribution in [2.45, 2.75) is 44.9 Å². The second-order valence-electron chi connectivity index (χ2n) is 12.6.